The molecule has 0 bridgehead atoms. The van der Waals surface area contributed by atoms with Crippen molar-refractivity contribution >= 4 is 11.2 Å². The summed E-state index contributed by atoms with van der Waals surface area (Å²) in [6, 6.07) is 0. The van der Waals surface area contributed by atoms with Gasteiger partial charge in [0.05, 0.1) is 22.6 Å². The summed E-state index contributed by atoms with van der Waals surface area (Å²) in [7, 11) is 0. The Morgan fingerprint density at radius 1 is 1.06 bits per heavy atom. The Bertz CT molecular complexity index is 552. The van der Waals surface area contributed by atoms with E-state index in [1.54, 1.807) is 0 Å². The van der Waals surface area contributed by atoms with E-state index in [-0.39, 0.29) is 0 Å². The van der Waals surface area contributed by atoms with Gasteiger partial charge in [0.1, 0.15) is 11.6 Å². The molecule has 0 spiro atoms. The first kappa shape index (κ1) is 10.9. The van der Waals surface area contributed by atoms with Crippen molar-refractivity contribution in [1.29, 1.82) is 0 Å². The number of hydrogen-bond donors (Lipinski definition) is 1. The van der Waals surface area contributed by atoms with Gasteiger partial charge in [-0.1, -0.05) is 13.8 Å². The lowest BCUT2D eigenvalue weighted by molar-refractivity contribution is 0.749. The molecule has 0 unspecified atom stereocenters. The summed E-state index contributed by atoms with van der Waals surface area (Å²) >= 11 is 0. The lowest BCUT2D eigenvalue weighted by Crippen LogP contribution is -2.06. The van der Waals surface area contributed by atoms with Crippen LogP contribution in [-0.4, -0.2) is 14.4 Å². The number of fused-ring (bicyclic) bond motifs is 1. The van der Waals surface area contributed by atoms with Gasteiger partial charge >= 0.3 is 0 Å². The van der Waals surface area contributed by atoms with Crippen LogP contribution in [0.4, 0.5) is 5.69 Å². The summed E-state index contributed by atoms with van der Waals surface area (Å²) in [5, 5.41) is 0. The molecule has 0 fully saturated rings. The molecule has 2 N–H and O–H groups in total. The summed E-state index contributed by atoms with van der Waals surface area (Å²) in [5.74, 6) is 2.35. The Hall–Kier alpha value is -1.58. The maximum absolute atomic E-state index is 6.08. The van der Waals surface area contributed by atoms with Crippen LogP contribution in [0.15, 0.2) is 0 Å². The molecule has 0 amide bonds. The summed E-state index contributed by atoms with van der Waals surface area (Å²) in [6.07, 6.45) is 0. The SMILES string of the molecule is Cc1nc(C)n2c(C(C)C)nc(C)c2c1N. The van der Waals surface area contributed by atoms with Crippen LogP contribution in [0.3, 0.4) is 0 Å². The van der Waals surface area contributed by atoms with E-state index in [2.05, 4.69) is 28.2 Å². The maximum Gasteiger partial charge on any atom is 0.117 e. The Kier molecular flexibility index (Phi) is 2.37. The van der Waals surface area contributed by atoms with Crippen molar-refractivity contribution < 1.29 is 0 Å². The standard InChI is InChI=1S/C12H18N4/c1-6(2)12-15-8(4)11-10(13)7(3)14-9(5)16(11)12/h6H,13H2,1-5H3. The summed E-state index contributed by atoms with van der Waals surface area (Å²) in [4.78, 5) is 9.05. The van der Waals surface area contributed by atoms with Crippen molar-refractivity contribution in [3.05, 3.63) is 23.0 Å². The monoisotopic (exact) mass is 218 g/mol. The zero-order chi connectivity index (χ0) is 12.0. The highest BCUT2D eigenvalue weighted by molar-refractivity contribution is 5.74. The quantitative estimate of drug-likeness (QED) is 0.799. The van der Waals surface area contributed by atoms with E-state index < -0.39 is 0 Å². The summed E-state index contributed by atoms with van der Waals surface area (Å²) < 4.78 is 2.07. The Balaban J connectivity index is 2.96. The summed E-state index contributed by atoms with van der Waals surface area (Å²) in [5.41, 5.74) is 9.68. The zero-order valence-corrected chi connectivity index (χ0v) is 10.5. The fourth-order valence-corrected chi connectivity index (χ4v) is 2.11. The van der Waals surface area contributed by atoms with Crippen LogP contribution in [0.5, 0.6) is 0 Å². The summed E-state index contributed by atoms with van der Waals surface area (Å²) in [6.45, 7) is 10.2. The van der Waals surface area contributed by atoms with Gasteiger partial charge in [0.25, 0.3) is 0 Å². The maximum atomic E-state index is 6.08. The second-order valence-electron chi connectivity index (χ2n) is 4.55. The normalized spacial score (nSPS) is 11.6. The highest BCUT2D eigenvalue weighted by Gasteiger charge is 2.16. The third-order valence-corrected chi connectivity index (χ3v) is 2.89. The third-order valence-electron chi connectivity index (χ3n) is 2.89. The van der Waals surface area contributed by atoms with Gasteiger partial charge in [0.2, 0.25) is 0 Å². The van der Waals surface area contributed by atoms with E-state index in [1.807, 2.05) is 20.8 Å². The minimum Gasteiger partial charge on any atom is -0.395 e. The average Bonchev–Trinajstić information content (AvgIpc) is 2.53. The van der Waals surface area contributed by atoms with Crippen molar-refractivity contribution in [3.8, 4) is 0 Å². The molecule has 4 heteroatoms. The molecule has 2 rings (SSSR count). The number of anilines is 1. The topological polar surface area (TPSA) is 56.2 Å². The Labute approximate surface area is 95.5 Å². The van der Waals surface area contributed by atoms with Crippen LogP contribution in [0.25, 0.3) is 5.52 Å². The number of nitrogens with zero attached hydrogens (tertiary/aromatic N) is 3. The predicted octanol–water partition coefficient (Wildman–Crippen LogP) is 2.36. The number of nitrogens with two attached hydrogens (primary N) is 1. The number of hydrogen-bond acceptors (Lipinski definition) is 3. The van der Waals surface area contributed by atoms with E-state index in [0.717, 1.165) is 34.2 Å². The lowest BCUT2D eigenvalue weighted by atomic mass is 10.2. The van der Waals surface area contributed by atoms with Crippen molar-refractivity contribution in [1.82, 2.24) is 14.4 Å². The van der Waals surface area contributed by atoms with Gasteiger partial charge in [0.15, 0.2) is 0 Å². The van der Waals surface area contributed by atoms with Crippen LogP contribution < -0.4 is 5.73 Å². The van der Waals surface area contributed by atoms with Crippen LogP contribution >= 0.6 is 0 Å². The number of imidazole rings is 1. The molecule has 2 heterocycles. The van der Waals surface area contributed by atoms with Gasteiger partial charge < -0.3 is 5.73 Å². The Morgan fingerprint density at radius 3 is 2.25 bits per heavy atom. The fraction of sp³-hybridized carbons (Fsp3) is 0.500. The zero-order valence-electron chi connectivity index (χ0n) is 10.5. The highest BCUT2D eigenvalue weighted by atomic mass is 15.1. The van der Waals surface area contributed by atoms with E-state index in [9.17, 15) is 0 Å². The number of aromatic nitrogens is 3. The lowest BCUT2D eigenvalue weighted by Gasteiger charge is -2.10. The van der Waals surface area contributed by atoms with Crippen LogP contribution in [0, 0.1) is 20.8 Å². The Morgan fingerprint density at radius 2 is 1.69 bits per heavy atom. The van der Waals surface area contributed by atoms with E-state index in [1.165, 1.54) is 0 Å². The molecule has 0 radical (unpaired) electrons. The average molecular weight is 218 g/mol. The van der Waals surface area contributed by atoms with Gasteiger partial charge in [0, 0.05) is 5.92 Å². The van der Waals surface area contributed by atoms with Crippen molar-refractivity contribution in [2.75, 3.05) is 5.73 Å². The van der Waals surface area contributed by atoms with Crippen LogP contribution in [0.2, 0.25) is 0 Å². The molecule has 0 aromatic carbocycles. The first-order chi connectivity index (χ1) is 7.43. The first-order valence-corrected chi connectivity index (χ1v) is 5.55. The minimum atomic E-state index is 0.365. The van der Waals surface area contributed by atoms with Crippen molar-refractivity contribution in [3.63, 3.8) is 0 Å². The van der Waals surface area contributed by atoms with Gasteiger partial charge in [-0.2, -0.15) is 0 Å². The molecule has 2 aromatic heterocycles. The second kappa shape index (κ2) is 3.47. The number of nitrogen functional groups attached to an aromatic ring is 1. The minimum absolute atomic E-state index is 0.365. The molecule has 16 heavy (non-hydrogen) atoms. The highest BCUT2D eigenvalue weighted by Crippen LogP contribution is 2.26. The molecular weight excluding hydrogens is 200 g/mol. The van der Waals surface area contributed by atoms with Crippen molar-refractivity contribution in [2.24, 2.45) is 0 Å². The fourth-order valence-electron chi connectivity index (χ4n) is 2.11. The van der Waals surface area contributed by atoms with Crippen molar-refractivity contribution in [2.45, 2.75) is 40.5 Å². The molecule has 0 atom stereocenters. The second-order valence-corrected chi connectivity index (χ2v) is 4.55. The molecule has 2 aromatic rings. The molecule has 86 valence electrons. The van der Waals surface area contributed by atoms with E-state index in [4.69, 9.17) is 5.73 Å². The number of aryl methyl sites for hydroxylation is 3. The predicted molar refractivity (Wildman–Crippen MR) is 65.7 cm³/mol. The molecule has 0 saturated heterocycles. The smallest absolute Gasteiger partial charge is 0.117 e. The van der Waals surface area contributed by atoms with Crippen LogP contribution in [-0.2, 0) is 0 Å². The van der Waals surface area contributed by atoms with E-state index >= 15 is 0 Å². The number of rotatable bonds is 1. The van der Waals surface area contributed by atoms with Crippen LogP contribution in [0.1, 0.15) is 42.8 Å². The van der Waals surface area contributed by atoms with Gasteiger partial charge in [-0.3, -0.25) is 4.40 Å². The van der Waals surface area contributed by atoms with Gasteiger partial charge in [-0.25, -0.2) is 9.97 Å². The molecule has 4 nitrogen and oxygen atoms in total. The molecule has 0 aliphatic rings. The molecular formula is C12H18N4. The largest absolute Gasteiger partial charge is 0.395 e. The molecule has 0 aliphatic carbocycles. The first-order valence-electron chi connectivity index (χ1n) is 5.55. The van der Waals surface area contributed by atoms with Gasteiger partial charge in [-0.05, 0) is 20.8 Å². The third kappa shape index (κ3) is 1.37. The van der Waals surface area contributed by atoms with Gasteiger partial charge in [-0.15, -0.1) is 0 Å². The molecule has 0 aliphatic heterocycles. The van der Waals surface area contributed by atoms with E-state index in [0.29, 0.717) is 5.92 Å². The molecule has 0 saturated carbocycles.